The van der Waals surface area contributed by atoms with E-state index in [1.807, 2.05) is 0 Å². The first-order valence-corrected chi connectivity index (χ1v) is 7.37. The fraction of sp³-hybridized carbons (Fsp3) is 0.533. The fourth-order valence-electron chi connectivity index (χ4n) is 1.79. The number of nitro benzene ring substituents is 1. The van der Waals surface area contributed by atoms with Gasteiger partial charge < -0.3 is 9.47 Å². The van der Waals surface area contributed by atoms with Crippen LogP contribution in [0.3, 0.4) is 0 Å². The second kappa shape index (κ2) is 7.58. The molecule has 0 saturated heterocycles. The predicted molar refractivity (Wildman–Crippen MR) is 83.7 cm³/mol. The largest absolute Gasteiger partial charge is 0.493 e. The van der Waals surface area contributed by atoms with Gasteiger partial charge in [0.1, 0.15) is 22.6 Å². The van der Waals surface area contributed by atoms with E-state index in [1.54, 1.807) is 27.7 Å². The smallest absolute Gasteiger partial charge is 0.420 e. The van der Waals surface area contributed by atoms with Crippen molar-refractivity contribution in [2.75, 3.05) is 11.9 Å². The number of alkyl halides is 3. The molecular weight excluding hydrogens is 345 g/mol. The molecule has 1 rings (SSSR count). The summed E-state index contributed by atoms with van der Waals surface area (Å²) in [5.41, 5.74) is -3.53. The Morgan fingerprint density at radius 1 is 1.28 bits per heavy atom. The van der Waals surface area contributed by atoms with Gasteiger partial charge >= 0.3 is 12.3 Å². The lowest BCUT2D eigenvalue weighted by Crippen LogP contribution is -2.27. The van der Waals surface area contributed by atoms with Crippen molar-refractivity contribution in [1.29, 1.82) is 0 Å². The number of benzene rings is 1. The van der Waals surface area contributed by atoms with Crippen molar-refractivity contribution in [3.63, 3.8) is 0 Å². The van der Waals surface area contributed by atoms with Crippen molar-refractivity contribution in [2.45, 2.75) is 45.9 Å². The lowest BCUT2D eigenvalue weighted by molar-refractivity contribution is -0.384. The van der Waals surface area contributed by atoms with Gasteiger partial charge in [-0.3, -0.25) is 15.4 Å². The Balaban J connectivity index is 3.35. The van der Waals surface area contributed by atoms with Gasteiger partial charge in [0.2, 0.25) is 0 Å². The molecule has 0 saturated carbocycles. The van der Waals surface area contributed by atoms with Gasteiger partial charge in [-0.15, -0.1) is 0 Å². The van der Waals surface area contributed by atoms with Crippen LogP contribution in [-0.4, -0.2) is 23.2 Å². The minimum absolute atomic E-state index is 0.0211. The highest BCUT2D eigenvalue weighted by atomic mass is 19.4. The van der Waals surface area contributed by atoms with E-state index < -0.39 is 45.5 Å². The van der Waals surface area contributed by atoms with Crippen LogP contribution in [0.1, 0.15) is 39.7 Å². The van der Waals surface area contributed by atoms with Gasteiger partial charge in [-0.05, 0) is 27.2 Å². The van der Waals surface area contributed by atoms with Gasteiger partial charge in [0.25, 0.3) is 5.69 Å². The van der Waals surface area contributed by atoms with Gasteiger partial charge in [0.15, 0.2) is 0 Å². The van der Waals surface area contributed by atoms with E-state index >= 15 is 0 Å². The minimum atomic E-state index is -4.85. The molecule has 0 aromatic heterocycles. The van der Waals surface area contributed by atoms with Crippen LogP contribution in [0.25, 0.3) is 0 Å². The molecule has 0 atom stereocenters. The standard InChI is InChI=1S/C15H19F3N2O5/c1-5-6-24-12-8-10(19-13(21)25-14(2,3)4)11(20(22)23)7-9(12)15(16,17)18/h7-8H,5-6H2,1-4H3,(H,19,21). The molecule has 10 heteroatoms. The Morgan fingerprint density at radius 3 is 2.32 bits per heavy atom. The van der Waals surface area contributed by atoms with Crippen LogP contribution < -0.4 is 10.1 Å². The molecule has 0 aliphatic carbocycles. The van der Waals surface area contributed by atoms with Crippen LogP contribution in [0.5, 0.6) is 5.75 Å². The van der Waals surface area contributed by atoms with E-state index in [2.05, 4.69) is 5.32 Å². The highest BCUT2D eigenvalue weighted by Gasteiger charge is 2.38. The molecule has 0 heterocycles. The molecule has 0 aliphatic rings. The van der Waals surface area contributed by atoms with E-state index in [0.717, 1.165) is 6.07 Å². The number of carbonyl (C=O) groups is 1. The summed E-state index contributed by atoms with van der Waals surface area (Å²) in [4.78, 5) is 21.9. The predicted octanol–water partition coefficient (Wildman–Crippen LogP) is 4.75. The second-order valence-electron chi connectivity index (χ2n) is 6.10. The topological polar surface area (TPSA) is 90.7 Å². The number of carbonyl (C=O) groups excluding carboxylic acids is 1. The molecule has 1 amide bonds. The molecule has 0 fully saturated rings. The van der Waals surface area contributed by atoms with E-state index in [9.17, 15) is 28.1 Å². The Hall–Kier alpha value is -2.52. The summed E-state index contributed by atoms with van der Waals surface area (Å²) in [5, 5.41) is 13.2. The molecule has 1 aromatic rings. The molecule has 0 spiro atoms. The third kappa shape index (κ3) is 6.12. The Kier molecular flexibility index (Phi) is 6.22. The molecule has 1 N–H and O–H groups in total. The summed E-state index contributed by atoms with van der Waals surface area (Å²) in [6, 6.07) is 1.11. The highest BCUT2D eigenvalue weighted by molar-refractivity contribution is 5.88. The zero-order chi connectivity index (χ0) is 19.4. The van der Waals surface area contributed by atoms with Gasteiger partial charge in [-0.1, -0.05) is 6.92 Å². The zero-order valence-electron chi connectivity index (χ0n) is 14.2. The number of rotatable bonds is 5. The SMILES string of the molecule is CCCOc1cc(NC(=O)OC(C)(C)C)c([N+](=O)[O-])cc1C(F)(F)F. The summed E-state index contributed by atoms with van der Waals surface area (Å²) < 4.78 is 49.4. The van der Waals surface area contributed by atoms with Gasteiger partial charge in [-0.2, -0.15) is 13.2 Å². The Labute approximate surface area is 142 Å². The number of anilines is 1. The monoisotopic (exact) mass is 364 g/mol. The molecule has 0 unspecified atom stereocenters. The van der Waals surface area contributed by atoms with Crippen LogP contribution in [0.4, 0.5) is 29.3 Å². The minimum Gasteiger partial charge on any atom is -0.493 e. The Bertz CT molecular complexity index is 654. The van der Waals surface area contributed by atoms with Crippen molar-refractivity contribution < 1.29 is 32.4 Å². The van der Waals surface area contributed by atoms with Gasteiger partial charge in [0, 0.05) is 12.1 Å². The number of nitro groups is 1. The van der Waals surface area contributed by atoms with Gasteiger partial charge in [0.05, 0.1) is 11.5 Å². The van der Waals surface area contributed by atoms with Gasteiger partial charge in [-0.25, -0.2) is 4.79 Å². The third-order valence-corrected chi connectivity index (χ3v) is 2.70. The van der Waals surface area contributed by atoms with Crippen LogP contribution >= 0.6 is 0 Å². The fourth-order valence-corrected chi connectivity index (χ4v) is 1.79. The summed E-state index contributed by atoms with van der Waals surface area (Å²) in [6.07, 6.45) is -5.45. The van der Waals surface area contributed by atoms with Crippen LogP contribution in [-0.2, 0) is 10.9 Å². The van der Waals surface area contributed by atoms with Crippen LogP contribution in [0.2, 0.25) is 0 Å². The molecule has 0 aliphatic heterocycles. The number of amides is 1. The molecule has 140 valence electrons. The molecular formula is C15H19F3N2O5. The Morgan fingerprint density at radius 2 is 1.88 bits per heavy atom. The summed E-state index contributed by atoms with van der Waals surface area (Å²) in [7, 11) is 0. The number of nitrogens with zero attached hydrogens (tertiary/aromatic N) is 1. The van der Waals surface area contributed by atoms with Crippen molar-refractivity contribution in [3.05, 3.63) is 27.8 Å². The molecule has 25 heavy (non-hydrogen) atoms. The lowest BCUT2D eigenvalue weighted by atomic mass is 10.1. The first-order chi connectivity index (χ1) is 11.3. The van der Waals surface area contributed by atoms with Crippen molar-refractivity contribution in [2.24, 2.45) is 0 Å². The third-order valence-electron chi connectivity index (χ3n) is 2.70. The number of halogens is 3. The first kappa shape index (κ1) is 20.5. The molecule has 0 bridgehead atoms. The van der Waals surface area contributed by atoms with Crippen molar-refractivity contribution >= 4 is 17.5 Å². The van der Waals surface area contributed by atoms with E-state index in [-0.39, 0.29) is 6.61 Å². The zero-order valence-corrected chi connectivity index (χ0v) is 14.2. The highest BCUT2D eigenvalue weighted by Crippen LogP contribution is 2.42. The molecule has 7 nitrogen and oxygen atoms in total. The van der Waals surface area contributed by atoms with E-state index in [0.29, 0.717) is 12.5 Å². The first-order valence-electron chi connectivity index (χ1n) is 7.37. The van der Waals surface area contributed by atoms with Crippen LogP contribution in [0, 0.1) is 10.1 Å². The normalized spacial score (nSPS) is 11.8. The maximum atomic E-state index is 13.1. The quantitative estimate of drug-likeness (QED) is 0.601. The molecule has 0 radical (unpaired) electrons. The van der Waals surface area contributed by atoms with Crippen molar-refractivity contribution in [3.8, 4) is 5.75 Å². The summed E-state index contributed by atoms with van der Waals surface area (Å²) in [6.45, 7) is 6.39. The average molecular weight is 364 g/mol. The van der Waals surface area contributed by atoms with Crippen molar-refractivity contribution in [1.82, 2.24) is 0 Å². The number of hydrogen-bond donors (Lipinski definition) is 1. The average Bonchev–Trinajstić information content (AvgIpc) is 2.41. The lowest BCUT2D eigenvalue weighted by Gasteiger charge is -2.20. The maximum absolute atomic E-state index is 13.1. The number of nitrogens with one attached hydrogen (secondary N) is 1. The van der Waals surface area contributed by atoms with E-state index in [4.69, 9.17) is 9.47 Å². The summed E-state index contributed by atoms with van der Waals surface area (Å²) >= 11 is 0. The van der Waals surface area contributed by atoms with E-state index in [1.165, 1.54) is 0 Å². The number of ether oxygens (including phenoxy) is 2. The molecule has 1 aromatic carbocycles. The summed E-state index contributed by atoms with van der Waals surface area (Å²) in [5.74, 6) is -0.606. The maximum Gasteiger partial charge on any atom is 0.420 e. The second-order valence-corrected chi connectivity index (χ2v) is 6.10. The number of hydrogen-bond acceptors (Lipinski definition) is 5. The van der Waals surface area contributed by atoms with Crippen LogP contribution in [0.15, 0.2) is 12.1 Å².